The highest BCUT2D eigenvalue weighted by Gasteiger charge is 2.22. The molecule has 1 amide bonds. The first-order valence-corrected chi connectivity index (χ1v) is 12.7. The Morgan fingerprint density at radius 2 is 1.74 bits per heavy atom. The summed E-state index contributed by atoms with van der Waals surface area (Å²) >= 11 is 5.88. The fourth-order valence-electron chi connectivity index (χ4n) is 3.13. The molecule has 0 aliphatic heterocycles. The van der Waals surface area contributed by atoms with Crippen molar-refractivity contribution in [3.63, 3.8) is 0 Å². The Morgan fingerprint density at radius 1 is 1.06 bits per heavy atom. The molecule has 0 fully saturated rings. The van der Waals surface area contributed by atoms with Crippen LogP contribution in [0.2, 0.25) is 5.02 Å². The molecule has 7 nitrogen and oxygen atoms in total. The van der Waals surface area contributed by atoms with Gasteiger partial charge in [0, 0.05) is 5.02 Å². The third kappa shape index (κ3) is 7.07. The number of carbonyl (C=O) groups is 1. The van der Waals surface area contributed by atoms with E-state index in [-0.39, 0.29) is 6.54 Å². The number of hydrogen-bond donors (Lipinski definition) is 1. The van der Waals surface area contributed by atoms with Gasteiger partial charge in [-0.05, 0) is 78.6 Å². The molecule has 0 saturated heterocycles. The lowest BCUT2D eigenvalue weighted by Crippen LogP contribution is -2.39. The minimum absolute atomic E-state index is 0.377. The van der Waals surface area contributed by atoms with Crippen molar-refractivity contribution in [3.05, 3.63) is 94.0 Å². The first-order valence-electron chi connectivity index (χ1n) is 10.5. The van der Waals surface area contributed by atoms with Crippen LogP contribution in [0.15, 0.2) is 71.8 Å². The summed E-state index contributed by atoms with van der Waals surface area (Å²) in [7, 11) is -3.66. The molecule has 1 N–H and O–H groups in total. The van der Waals surface area contributed by atoms with Crippen LogP contribution in [-0.2, 0) is 21.4 Å². The molecule has 0 aromatic heterocycles. The zero-order valence-electron chi connectivity index (χ0n) is 19.2. The van der Waals surface area contributed by atoms with Gasteiger partial charge in [0.2, 0.25) is 10.0 Å². The van der Waals surface area contributed by atoms with Gasteiger partial charge < -0.3 is 4.74 Å². The molecule has 0 saturated carbocycles. The molecular formula is C25H26ClN3O4S. The van der Waals surface area contributed by atoms with Gasteiger partial charge in [-0.3, -0.25) is 9.10 Å². The molecule has 3 rings (SSSR count). The second-order valence-electron chi connectivity index (χ2n) is 7.77. The number of nitrogens with zero attached hydrogens (tertiary/aromatic N) is 2. The smallest absolute Gasteiger partial charge is 0.260 e. The van der Waals surface area contributed by atoms with Crippen molar-refractivity contribution >= 4 is 39.4 Å². The maximum atomic E-state index is 12.4. The van der Waals surface area contributed by atoms with Gasteiger partial charge in [-0.25, -0.2) is 13.8 Å². The fraction of sp³-hybridized carbons (Fsp3) is 0.200. The third-order valence-corrected chi connectivity index (χ3v) is 6.51. The topological polar surface area (TPSA) is 88.1 Å². The summed E-state index contributed by atoms with van der Waals surface area (Å²) in [5.41, 5.74) is 6.33. The van der Waals surface area contributed by atoms with Crippen LogP contribution >= 0.6 is 11.6 Å². The summed E-state index contributed by atoms with van der Waals surface area (Å²) in [6.45, 7) is 3.75. The number of ether oxygens (including phenoxy) is 1. The quantitative estimate of drug-likeness (QED) is 0.348. The predicted molar refractivity (Wildman–Crippen MR) is 136 cm³/mol. The summed E-state index contributed by atoms with van der Waals surface area (Å²) in [4.78, 5) is 12.4. The number of rotatable bonds is 9. The van der Waals surface area contributed by atoms with Gasteiger partial charge in [-0.15, -0.1) is 0 Å². The van der Waals surface area contributed by atoms with E-state index in [1.54, 1.807) is 36.4 Å². The molecule has 0 atom stereocenters. The Bertz CT molecular complexity index is 1270. The molecule has 0 aliphatic rings. The van der Waals surface area contributed by atoms with Crippen molar-refractivity contribution in [3.8, 4) is 5.75 Å². The van der Waals surface area contributed by atoms with E-state index < -0.39 is 15.9 Å². The van der Waals surface area contributed by atoms with E-state index in [9.17, 15) is 13.2 Å². The lowest BCUT2D eigenvalue weighted by molar-refractivity contribution is -0.119. The molecule has 0 radical (unpaired) electrons. The van der Waals surface area contributed by atoms with Gasteiger partial charge in [-0.1, -0.05) is 35.9 Å². The lowest BCUT2D eigenvalue weighted by atomic mass is 10.1. The van der Waals surface area contributed by atoms with Crippen LogP contribution in [0.1, 0.15) is 22.3 Å². The van der Waals surface area contributed by atoms with E-state index in [1.807, 2.05) is 44.2 Å². The zero-order valence-corrected chi connectivity index (χ0v) is 20.7. The van der Waals surface area contributed by atoms with E-state index in [1.165, 1.54) is 6.21 Å². The Morgan fingerprint density at radius 3 is 2.38 bits per heavy atom. The number of nitrogens with one attached hydrogen (secondary N) is 1. The van der Waals surface area contributed by atoms with E-state index in [0.29, 0.717) is 23.1 Å². The number of aryl methyl sites for hydroxylation is 1. The highest BCUT2D eigenvalue weighted by atomic mass is 35.5. The monoisotopic (exact) mass is 499 g/mol. The van der Waals surface area contributed by atoms with Gasteiger partial charge in [0.25, 0.3) is 5.91 Å². The SMILES string of the molecule is Cc1cccc(N(CC(=O)N/N=C\c2ccc(OCc3ccc(Cl)cc3)cc2)S(C)(=O)=O)c1C. The van der Waals surface area contributed by atoms with E-state index in [0.717, 1.165) is 32.8 Å². The number of sulfonamides is 1. The maximum absolute atomic E-state index is 12.4. The number of benzene rings is 3. The molecule has 178 valence electrons. The normalized spacial score (nSPS) is 11.4. The van der Waals surface area contributed by atoms with Crippen LogP contribution in [-0.4, -0.2) is 33.3 Å². The second kappa shape index (κ2) is 11.2. The number of amides is 1. The van der Waals surface area contributed by atoms with E-state index in [2.05, 4.69) is 10.5 Å². The number of halogens is 1. The van der Waals surface area contributed by atoms with E-state index >= 15 is 0 Å². The molecule has 3 aromatic rings. The molecule has 0 aliphatic carbocycles. The number of hydrazone groups is 1. The number of anilines is 1. The Balaban J connectivity index is 1.57. The van der Waals surface area contributed by atoms with Crippen molar-refractivity contribution in [2.24, 2.45) is 5.10 Å². The van der Waals surface area contributed by atoms with Gasteiger partial charge in [0.1, 0.15) is 18.9 Å². The van der Waals surface area contributed by atoms with Gasteiger partial charge >= 0.3 is 0 Å². The summed E-state index contributed by atoms with van der Waals surface area (Å²) in [6, 6.07) is 19.9. The van der Waals surface area contributed by atoms with Crippen LogP contribution in [0.3, 0.4) is 0 Å². The summed E-state index contributed by atoms with van der Waals surface area (Å²) in [5.74, 6) is 0.138. The molecule has 0 heterocycles. The highest BCUT2D eigenvalue weighted by Crippen LogP contribution is 2.24. The van der Waals surface area contributed by atoms with Crippen molar-refractivity contribution in [2.75, 3.05) is 17.1 Å². The van der Waals surface area contributed by atoms with Crippen molar-refractivity contribution < 1.29 is 17.9 Å². The fourth-order valence-corrected chi connectivity index (χ4v) is 4.16. The molecule has 34 heavy (non-hydrogen) atoms. The Labute approximate surface area is 205 Å². The van der Waals surface area contributed by atoms with Crippen LogP contribution in [0.5, 0.6) is 5.75 Å². The standard InChI is InChI=1S/C25H26ClN3O4S/c1-18-5-4-6-24(19(18)2)29(34(3,31)32)16-25(30)28-27-15-20-9-13-23(14-10-20)33-17-21-7-11-22(26)12-8-21/h4-15H,16-17H2,1-3H3,(H,28,30)/b27-15-. The summed E-state index contributed by atoms with van der Waals surface area (Å²) < 4.78 is 31.4. The average Bonchev–Trinajstić information content (AvgIpc) is 2.79. The van der Waals surface area contributed by atoms with Crippen LogP contribution in [0.4, 0.5) is 5.69 Å². The van der Waals surface area contributed by atoms with Gasteiger partial charge in [0.15, 0.2) is 0 Å². The largest absolute Gasteiger partial charge is 0.489 e. The summed E-state index contributed by atoms with van der Waals surface area (Å²) in [5, 5.41) is 4.62. The molecule has 0 bridgehead atoms. The van der Waals surface area contributed by atoms with Crippen LogP contribution in [0.25, 0.3) is 0 Å². The Kier molecular flexibility index (Phi) is 8.31. The first-order chi connectivity index (χ1) is 16.1. The molecule has 3 aromatic carbocycles. The minimum Gasteiger partial charge on any atom is -0.489 e. The minimum atomic E-state index is -3.66. The maximum Gasteiger partial charge on any atom is 0.260 e. The van der Waals surface area contributed by atoms with E-state index in [4.69, 9.17) is 16.3 Å². The Hall–Kier alpha value is -3.36. The molecule has 9 heteroatoms. The average molecular weight is 500 g/mol. The van der Waals surface area contributed by atoms with Crippen molar-refractivity contribution in [1.29, 1.82) is 0 Å². The highest BCUT2D eigenvalue weighted by molar-refractivity contribution is 7.92. The van der Waals surface area contributed by atoms with Gasteiger partial charge in [-0.2, -0.15) is 5.10 Å². The molecular weight excluding hydrogens is 474 g/mol. The van der Waals surface area contributed by atoms with Gasteiger partial charge in [0.05, 0.1) is 18.2 Å². The van der Waals surface area contributed by atoms with Crippen molar-refractivity contribution in [2.45, 2.75) is 20.5 Å². The second-order valence-corrected chi connectivity index (χ2v) is 10.1. The molecule has 0 spiro atoms. The lowest BCUT2D eigenvalue weighted by Gasteiger charge is -2.23. The summed E-state index contributed by atoms with van der Waals surface area (Å²) in [6.07, 6.45) is 2.55. The van der Waals surface area contributed by atoms with Crippen LogP contribution in [0, 0.1) is 13.8 Å². The first kappa shape index (κ1) is 25.3. The van der Waals surface area contributed by atoms with Crippen molar-refractivity contribution in [1.82, 2.24) is 5.43 Å². The number of carbonyl (C=O) groups excluding carboxylic acids is 1. The number of hydrogen-bond acceptors (Lipinski definition) is 5. The van der Waals surface area contributed by atoms with Crippen LogP contribution < -0.4 is 14.5 Å². The zero-order chi connectivity index (χ0) is 24.7. The third-order valence-electron chi connectivity index (χ3n) is 5.13. The predicted octanol–water partition coefficient (Wildman–Crippen LogP) is 4.45. The molecule has 0 unspecified atom stereocenters.